The number of hydrogen-bond acceptors (Lipinski definition) is 8. The van der Waals surface area contributed by atoms with Crippen LogP contribution in [0.25, 0.3) is 11.1 Å². The molecule has 6 N–H and O–H groups in total. The number of halogens is 1. The molecule has 0 radical (unpaired) electrons. The van der Waals surface area contributed by atoms with Gasteiger partial charge < -0.3 is 27.0 Å². The van der Waals surface area contributed by atoms with Crippen LogP contribution in [0.5, 0.6) is 0 Å². The minimum atomic E-state index is -0.255. The van der Waals surface area contributed by atoms with Gasteiger partial charge in [0.25, 0.3) is 0 Å². The van der Waals surface area contributed by atoms with Gasteiger partial charge in [0, 0.05) is 66.4 Å². The lowest BCUT2D eigenvalue weighted by Gasteiger charge is -2.38. The van der Waals surface area contributed by atoms with Crippen molar-refractivity contribution < 1.29 is 4.39 Å². The summed E-state index contributed by atoms with van der Waals surface area (Å²) < 4.78 is 14.7. The second-order valence-corrected chi connectivity index (χ2v) is 10.4. The Bertz CT molecular complexity index is 1570. The zero-order valence-electron chi connectivity index (χ0n) is 21.3. The van der Waals surface area contributed by atoms with E-state index in [4.69, 9.17) is 21.4 Å². The topological polar surface area (TPSA) is 117 Å². The van der Waals surface area contributed by atoms with Gasteiger partial charge >= 0.3 is 0 Å². The monoisotopic (exact) mass is 520 g/mol. The predicted octanol–water partition coefficient (Wildman–Crippen LogP) is 2.85. The van der Waals surface area contributed by atoms with Crippen molar-refractivity contribution in [1.82, 2.24) is 15.6 Å². The molecule has 1 saturated heterocycles. The first-order valence-electron chi connectivity index (χ1n) is 13.2. The predicted molar refractivity (Wildman–Crippen MR) is 153 cm³/mol. The first-order chi connectivity index (χ1) is 19.0. The van der Waals surface area contributed by atoms with E-state index in [9.17, 15) is 4.39 Å². The van der Waals surface area contributed by atoms with E-state index in [1.807, 2.05) is 30.5 Å². The minimum absolute atomic E-state index is 0.0673. The van der Waals surface area contributed by atoms with Crippen molar-refractivity contribution in [2.75, 3.05) is 24.7 Å². The van der Waals surface area contributed by atoms with Crippen LogP contribution in [-0.2, 0) is 0 Å². The molecule has 196 valence electrons. The van der Waals surface area contributed by atoms with Crippen LogP contribution in [0.3, 0.4) is 0 Å². The number of aromatic nitrogens is 1. The highest BCUT2D eigenvalue weighted by Gasteiger charge is 2.36. The number of aliphatic imine (C=N–C) groups is 2. The van der Waals surface area contributed by atoms with Crippen LogP contribution >= 0.6 is 0 Å². The number of nitrogens with two attached hydrogens (primary N) is 2. The number of fused-ring (bicyclic) bond motifs is 2. The van der Waals surface area contributed by atoms with Gasteiger partial charge in [-0.1, -0.05) is 30.3 Å². The van der Waals surface area contributed by atoms with Crippen molar-refractivity contribution in [2.45, 2.75) is 18.5 Å². The fraction of sp³-hybridized carbons (Fsp3) is 0.233. The zero-order valence-corrected chi connectivity index (χ0v) is 21.3. The highest BCUT2D eigenvalue weighted by Crippen LogP contribution is 2.37. The molecule has 39 heavy (non-hydrogen) atoms. The summed E-state index contributed by atoms with van der Waals surface area (Å²) >= 11 is 0. The van der Waals surface area contributed by atoms with Crippen LogP contribution in [0, 0.1) is 11.7 Å². The summed E-state index contributed by atoms with van der Waals surface area (Å²) in [5, 5.41) is 6.94. The first-order valence-corrected chi connectivity index (χ1v) is 13.2. The number of hydrogen-bond donors (Lipinski definition) is 4. The molecule has 1 aliphatic carbocycles. The van der Waals surface area contributed by atoms with E-state index in [2.05, 4.69) is 38.8 Å². The second kappa shape index (κ2) is 9.36. The van der Waals surface area contributed by atoms with Gasteiger partial charge in [-0.05, 0) is 41.5 Å². The smallest absolute Gasteiger partial charge is 0.130 e. The normalized spacial score (nSPS) is 24.2. The fourth-order valence-electron chi connectivity index (χ4n) is 5.78. The molecule has 5 aliphatic rings. The molecule has 8 nitrogen and oxygen atoms in total. The fourth-order valence-corrected chi connectivity index (χ4v) is 5.78. The Morgan fingerprint density at radius 3 is 2.74 bits per heavy atom. The molecule has 4 aliphatic heterocycles. The molecule has 2 aromatic rings. The molecule has 2 atom stereocenters. The summed E-state index contributed by atoms with van der Waals surface area (Å²) in [6, 6.07) is 13.0. The quantitative estimate of drug-likeness (QED) is 0.493. The third kappa shape index (κ3) is 4.15. The highest BCUT2D eigenvalue weighted by atomic mass is 19.1. The van der Waals surface area contributed by atoms with E-state index in [-0.39, 0.29) is 23.8 Å². The Morgan fingerprint density at radius 1 is 1.03 bits per heavy atom. The molecular formula is C30H29FN8. The standard InChI is InChI=1S/C30H29FN8/c31-22-5-2-1-4-19(22)21-12-34-13-27-20(21)11-26(37-27)30-29-23(33)10-17(8-9-25(29)35-16-36-30)24-6-3-7-28(38-24)39-14-18(32)15-39/h1-9,11-13,18,20,27,35,37H,10,14-16,32-33H2. The Labute approximate surface area is 226 Å². The largest absolute Gasteiger partial charge is 0.401 e. The van der Waals surface area contributed by atoms with Gasteiger partial charge in [0.15, 0.2) is 0 Å². The Balaban J connectivity index is 1.19. The van der Waals surface area contributed by atoms with Gasteiger partial charge in [0.2, 0.25) is 0 Å². The van der Waals surface area contributed by atoms with Gasteiger partial charge in [0.1, 0.15) is 18.3 Å². The molecule has 0 spiro atoms. The number of anilines is 1. The van der Waals surface area contributed by atoms with Gasteiger partial charge in [-0.25, -0.2) is 9.37 Å². The molecule has 9 heteroatoms. The van der Waals surface area contributed by atoms with Gasteiger partial charge in [-0.3, -0.25) is 9.98 Å². The van der Waals surface area contributed by atoms with Crippen molar-refractivity contribution >= 4 is 28.9 Å². The Hall–Kier alpha value is -4.50. The molecule has 0 saturated carbocycles. The van der Waals surface area contributed by atoms with E-state index >= 15 is 0 Å². The maximum Gasteiger partial charge on any atom is 0.130 e. The lowest BCUT2D eigenvalue weighted by Crippen LogP contribution is -2.56. The molecule has 2 unspecified atom stereocenters. The van der Waals surface area contributed by atoms with Gasteiger partial charge in [-0.2, -0.15) is 0 Å². The zero-order chi connectivity index (χ0) is 26.5. The van der Waals surface area contributed by atoms with Crippen molar-refractivity contribution in [3.8, 4) is 0 Å². The summed E-state index contributed by atoms with van der Waals surface area (Å²) in [5.41, 5.74) is 20.3. The van der Waals surface area contributed by atoms with Crippen molar-refractivity contribution in [2.24, 2.45) is 27.4 Å². The summed E-state index contributed by atoms with van der Waals surface area (Å²) in [6.07, 6.45) is 10.4. The number of pyridine rings is 1. The van der Waals surface area contributed by atoms with Gasteiger partial charge in [-0.15, -0.1) is 0 Å². The van der Waals surface area contributed by atoms with Crippen molar-refractivity contribution in [1.29, 1.82) is 0 Å². The van der Waals surface area contributed by atoms with Crippen molar-refractivity contribution in [3.63, 3.8) is 0 Å². The van der Waals surface area contributed by atoms with Crippen molar-refractivity contribution in [3.05, 3.63) is 107 Å². The lowest BCUT2D eigenvalue weighted by molar-refractivity contribution is 0.514. The van der Waals surface area contributed by atoms with E-state index in [1.165, 1.54) is 6.07 Å². The van der Waals surface area contributed by atoms with Crippen LogP contribution in [0.4, 0.5) is 10.2 Å². The third-order valence-electron chi connectivity index (χ3n) is 7.78. The molecule has 7 rings (SSSR count). The van der Waals surface area contributed by atoms with Crippen LogP contribution in [0.2, 0.25) is 0 Å². The average molecular weight is 521 g/mol. The summed E-state index contributed by atoms with van der Waals surface area (Å²) in [4.78, 5) is 16.3. The summed E-state index contributed by atoms with van der Waals surface area (Å²) in [5.74, 6) is 0.608. The first kappa shape index (κ1) is 23.6. The minimum Gasteiger partial charge on any atom is -0.401 e. The van der Waals surface area contributed by atoms with E-state index in [0.29, 0.717) is 24.4 Å². The maximum atomic E-state index is 14.7. The second-order valence-electron chi connectivity index (χ2n) is 10.4. The number of allylic oxidation sites excluding steroid dienone is 5. The van der Waals surface area contributed by atoms with E-state index in [0.717, 1.165) is 58.4 Å². The number of nitrogens with one attached hydrogen (secondary N) is 2. The molecule has 0 amide bonds. The summed E-state index contributed by atoms with van der Waals surface area (Å²) in [7, 11) is 0. The van der Waals surface area contributed by atoms with Gasteiger partial charge in [0.05, 0.1) is 23.1 Å². The van der Waals surface area contributed by atoms with Crippen LogP contribution < -0.4 is 27.0 Å². The van der Waals surface area contributed by atoms with Crippen LogP contribution in [0.15, 0.2) is 99.5 Å². The molecule has 1 aromatic heterocycles. The Kier molecular flexibility index (Phi) is 5.66. The number of rotatable bonds is 4. The molecule has 5 heterocycles. The molecular weight excluding hydrogens is 491 g/mol. The maximum absolute atomic E-state index is 14.7. The SMILES string of the molecule is NC1=C2C(=CC=C(c3cccc(N4CC(N)C4)n3)C1)NCN=C2C1=CC2C(c3ccccc3F)=CN=CC2N1. The number of nitrogens with zero attached hydrogens (tertiary/aromatic N) is 4. The molecule has 1 aromatic carbocycles. The van der Waals surface area contributed by atoms with E-state index < -0.39 is 0 Å². The summed E-state index contributed by atoms with van der Waals surface area (Å²) in [6.45, 7) is 2.07. The molecule has 0 bridgehead atoms. The van der Waals surface area contributed by atoms with Crippen LogP contribution in [0.1, 0.15) is 17.7 Å². The number of benzene rings is 1. The van der Waals surface area contributed by atoms with E-state index in [1.54, 1.807) is 18.3 Å². The Morgan fingerprint density at radius 2 is 1.90 bits per heavy atom. The lowest BCUT2D eigenvalue weighted by atomic mass is 9.87. The molecule has 1 fully saturated rings. The van der Waals surface area contributed by atoms with Crippen LogP contribution in [-0.4, -0.2) is 48.8 Å². The third-order valence-corrected chi connectivity index (χ3v) is 7.78. The average Bonchev–Trinajstić information content (AvgIpc) is 3.30. The highest BCUT2D eigenvalue weighted by molar-refractivity contribution is 6.16.